The molecule has 3 saturated carbocycles. The third-order valence-electron chi connectivity index (χ3n) is 10.7. The van der Waals surface area contributed by atoms with Crippen molar-refractivity contribution >= 4 is 17.8 Å². The van der Waals surface area contributed by atoms with Crippen LogP contribution in [0.25, 0.3) is 11.3 Å². The van der Waals surface area contributed by atoms with E-state index >= 15 is 0 Å². The average Bonchev–Trinajstić information content (AvgIpc) is 3.82. The highest BCUT2D eigenvalue weighted by atomic mass is 16.6. The van der Waals surface area contributed by atoms with E-state index in [0.29, 0.717) is 68.9 Å². The van der Waals surface area contributed by atoms with E-state index < -0.39 is 0 Å². The molecule has 0 N–H and O–H groups in total. The number of amides is 2. The van der Waals surface area contributed by atoms with Gasteiger partial charge in [-0.3, -0.25) is 14.7 Å². The highest BCUT2D eigenvalue weighted by molar-refractivity contribution is 5.94. The molecule has 1 aliphatic heterocycles. The second kappa shape index (κ2) is 14.2. The standard InChI is InChI=1S/C37H47N5O6/c1-23-33(46-3)15-14-31(39-23)25-6-4-24(5-7-25)19-42(34-18-28(16-17-38-34)32-22-47-35(40-32)26-8-9-26)36(43)27-10-12-29(13-11-27)48-37(44)41-20-30(21-41)45-2/h14-18,22,24-27,29-30H,4-13,19-21H2,1-3H3. The molecule has 0 radical (unpaired) electrons. The number of pyridine rings is 2. The van der Waals surface area contributed by atoms with Crippen LogP contribution in [-0.2, 0) is 14.3 Å². The van der Waals surface area contributed by atoms with Crippen LogP contribution >= 0.6 is 0 Å². The van der Waals surface area contributed by atoms with Crippen LogP contribution in [0.3, 0.4) is 0 Å². The molecule has 2 amide bonds. The SMILES string of the molecule is COc1ccc(C2CCC(CN(C(=O)C3CCC(OC(=O)N4CC(OC)C4)CC3)c3cc(-c4coc(C5CC5)n4)ccn3)CC2)nc1C. The van der Waals surface area contributed by atoms with Crippen molar-refractivity contribution in [2.45, 2.75) is 95.2 Å². The second-order valence-electron chi connectivity index (χ2n) is 14.1. The van der Waals surface area contributed by atoms with Gasteiger partial charge in [-0.1, -0.05) is 0 Å². The van der Waals surface area contributed by atoms with Gasteiger partial charge in [-0.25, -0.2) is 14.8 Å². The summed E-state index contributed by atoms with van der Waals surface area (Å²) in [5.74, 6) is 3.39. The van der Waals surface area contributed by atoms with Gasteiger partial charge in [-0.15, -0.1) is 0 Å². The lowest BCUT2D eigenvalue weighted by Gasteiger charge is -2.39. The third-order valence-corrected chi connectivity index (χ3v) is 10.7. The molecule has 0 spiro atoms. The molecule has 256 valence electrons. The third kappa shape index (κ3) is 7.21. The van der Waals surface area contributed by atoms with E-state index in [-0.39, 0.29) is 30.1 Å². The number of carbonyl (C=O) groups is 2. The largest absolute Gasteiger partial charge is 0.495 e. The van der Waals surface area contributed by atoms with Crippen LogP contribution in [0.5, 0.6) is 5.75 Å². The van der Waals surface area contributed by atoms with E-state index in [1.54, 1.807) is 31.6 Å². The van der Waals surface area contributed by atoms with Crippen molar-refractivity contribution in [1.29, 1.82) is 0 Å². The Kier molecular flexibility index (Phi) is 9.66. The number of aromatic nitrogens is 3. The van der Waals surface area contributed by atoms with Crippen molar-refractivity contribution in [2.75, 3.05) is 38.8 Å². The molecular weight excluding hydrogens is 610 g/mol. The molecule has 0 unspecified atom stereocenters. The molecule has 1 saturated heterocycles. The molecule has 0 bridgehead atoms. The number of carbonyl (C=O) groups excluding carboxylic acids is 2. The van der Waals surface area contributed by atoms with Crippen LogP contribution in [0.2, 0.25) is 0 Å². The van der Waals surface area contributed by atoms with Crippen molar-refractivity contribution in [2.24, 2.45) is 11.8 Å². The zero-order valence-corrected chi connectivity index (χ0v) is 28.3. The van der Waals surface area contributed by atoms with Gasteiger partial charge in [-0.05, 0) is 101 Å². The molecule has 3 aromatic heterocycles. The van der Waals surface area contributed by atoms with Gasteiger partial charge < -0.3 is 23.5 Å². The molecule has 11 heteroatoms. The molecule has 3 aliphatic carbocycles. The number of nitrogens with zero attached hydrogens (tertiary/aromatic N) is 5. The Bertz CT molecular complexity index is 1580. The van der Waals surface area contributed by atoms with Gasteiger partial charge in [0.2, 0.25) is 5.91 Å². The van der Waals surface area contributed by atoms with Gasteiger partial charge in [0.05, 0.1) is 32.0 Å². The highest BCUT2D eigenvalue weighted by Crippen LogP contribution is 2.41. The maximum atomic E-state index is 14.4. The molecule has 48 heavy (non-hydrogen) atoms. The Labute approximate surface area is 282 Å². The maximum absolute atomic E-state index is 14.4. The number of likely N-dealkylation sites (tertiary alicyclic amines) is 1. The summed E-state index contributed by atoms with van der Waals surface area (Å²) in [6, 6.07) is 8.02. The molecule has 0 atom stereocenters. The molecule has 11 nitrogen and oxygen atoms in total. The fourth-order valence-electron chi connectivity index (χ4n) is 7.47. The monoisotopic (exact) mass is 657 g/mol. The van der Waals surface area contributed by atoms with Gasteiger partial charge in [0, 0.05) is 48.9 Å². The predicted octanol–water partition coefficient (Wildman–Crippen LogP) is 6.66. The summed E-state index contributed by atoms with van der Waals surface area (Å²) in [4.78, 5) is 44.9. The highest BCUT2D eigenvalue weighted by Gasteiger charge is 2.37. The van der Waals surface area contributed by atoms with Crippen LogP contribution < -0.4 is 9.64 Å². The number of hydrogen-bond acceptors (Lipinski definition) is 9. The van der Waals surface area contributed by atoms with Crippen molar-refractivity contribution in [1.82, 2.24) is 19.9 Å². The van der Waals surface area contributed by atoms with Crippen LogP contribution in [0.1, 0.15) is 93.3 Å². The zero-order chi connectivity index (χ0) is 33.2. The van der Waals surface area contributed by atoms with Crippen LogP contribution in [0, 0.1) is 18.8 Å². The van der Waals surface area contributed by atoms with E-state index in [0.717, 1.165) is 72.8 Å². The van der Waals surface area contributed by atoms with Gasteiger partial charge in [0.25, 0.3) is 0 Å². The molecule has 7 rings (SSSR count). The summed E-state index contributed by atoms with van der Waals surface area (Å²) < 4.78 is 22.3. The smallest absolute Gasteiger partial charge is 0.410 e. The Morgan fingerprint density at radius 1 is 0.917 bits per heavy atom. The number of hydrogen-bond donors (Lipinski definition) is 0. The number of ether oxygens (including phenoxy) is 3. The molecular formula is C37H47N5O6. The first-order valence-electron chi connectivity index (χ1n) is 17.6. The topological polar surface area (TPSA) is 120 Å². The van der Waals surface area contributed by atoms with Crippen LogP contribution in [0.15, 0.2) is 41.1 Å². The van der Waals surface area contributed by atoms with Crippen molar-refractivity contribution in [3.8, 4) is 17.0 Å². The Hall–Kier alpha value is -3.99. The molecule has 4 heterocycles. The normalized spacial score (nSPS) is 24.5. The van der Waals surface area contributed by atoms with Gasteiger partial charge in [0.1, 0.15) is 29.6 Å². The van der Waals surface area contributed by atoms with E-state index in [4.69, 9.17) is 33.6 Å². The molecule has 4 aliphatic rings. The van der Waals surface area contributed by atoms with Gasteiger partial charge >= 0.3 is 6.09 Å². The number of anilines is 1. The molecule has 4 fully saturated rings. The zero-order valence-electron chi connectivity index (χ0n) is 28.3. The van der Waals surface area contributed by atoms with Crippen LogP contribution in [-0.4, -0.2) is 77.9 Å². The van der Waals surface area contributed by atoms with Crippen molar-refractivity contribution in [3.05, 3.63) is 54.0 Å². The average molecular weight is 658 g/mol. The summed E-state index contributed by atoms with van der Waals surface area (Å²) in [6.07, 6.45) is 12.1. The quantitative estimate of drug-likeness (QED) is 0.236. The second-order valence-corrected chi connectivity index (χ2v) is 14.1. The Morgan fingerprint density at radius 3 is 2.35 bits per heavy atom. The van der Waals surface area contributed by atoms with Gasteiger partial charge in [-0.2, -0.15) is 0 Å². The minimum Gasteiger partial charge on any atom is -0.495 e. The predicted molar refractivity (Wildman–Crippen MR) is 179 cm³/mol. The van der Waals surface area contributed by atoms with E-state index in [1.807, 2.05) is 30.0 Å². The van der Waals surface area contributed by atoms with E-state index in [2.05, 4.69) is 6.07 Å². The van der Waals surface area contributed by atoms with Crippen molar-refractivity contribution < 1.29 is 28.2 Å². The minimum atomic E-state index is -0.283. The first-order chi connectivity index (χ1) is 23.4. The minimum absolute atomic E-state index is 0.0897. The van der Waals surface area contributed by atoms with Crippen molar-refractivity contribution in [3.63, 3.8) is 0 Å². The fraction of sp³-hybridized carbons (Fsp3) is 0.595. The number of aryl methyl sites for hydroxylation is 1. The summed E-state index contributed by atoms with van der Waals surface area (Å²) in [6.45, 7) is 3.75. The number of methoxy groups -OCH3 is 2. The summed E-state index contributed by atoms with van der Waals surface area (Å²) >= 11 is 0. The number of oxazole rings is 1. The summed E-state index contributed by atoms with van der Waals surface area (Å²) in [7, 11) is 3.34. The molecule has 3 aromatic rings. The lowest BCUT2D eigenvalue weighted by Crippen LogP contribution is -2.55. The fourth-order valence-corrected chi connectivity index (χ4v) is 7.47. The first kappa shape index (κ1) is 32.6. The van der Waals surface area contributed by atoms with E-state index in [1.165, 1.54) is 0 Å². The first-order valence-corrected chi connectivity index (χ1v) is 17.6. The Balaban J connectivity index is 1.03. The molecule has 0 aromatic carbocycles. The summed E-state index contributed by atoms with van der Waals surface area (Å²) in [5, 5.41) is 0. The lowest BCUT2D eigenvalue weighted by molar-refractivity contribution is -0.124. The maximum Gasteiger partial charge on any atom is 0.410 e. The van der Waals surface area contributed by atoms with E-state index in [9.17, 15) is 9.59 Å². The number of rotatable bonds is 10. The van der Waals surface area contributed by atoms with Gasteiger partial charge in [0.15, 0.2) is 5.89 Å². The lowest BCUT2D eigenvalue weighted by atomic mass is 9.79. The Morgan fingerprint density at radius 2 is 1.67 bits per heavy atom. The summed E-state index contributed by atoms with van der Waals surface area (Å²) in [5.41, 5.74) is 3.71. The van der Waals surface area contributed by atoms with Crippen LogP contribution in [0.4, 0.5) is 10.6 Å².